The van der Waals surface area contributed by atoms with E-state index in [0.29, 0.717) is 16.7 Å². The molecule has 1 aromatic carbocycles. The van der Waals surface area contributed by atoms with Gasteiger partial charge in [-0.3, -0.25) is 9.89 Å². The third-order valence-corrected chi connectivity index (χ3v) is 5.29. The van der Waals surface area contributed by atoms with E-state index < -0.39 is 0 Å². The fourth-order valence-corrected chi connectivity index (χ4v) is 3.83. The average Bonchev–Trinajstić information content (AvgIpc) is 3.40. The number of rotatable bonds is 6. The van der Waals surface area contributed by atoms with E-state index in [4.69, 9.17) is 11.6 Å². The molecule has 1 amide bonds. The number of aromatic nitrogens is 5. The first-order valence-corrected chi connectivity index (χ1v) is 10.5. The number of amides is 1. The first-order valence-electron chi connectivity index (χ1n) is 10.1. The molecule has 2 N–H and O–H groups in total. The van der Waals surface area contributed by atoms with Crippen LogP contribution in [0.2, 0.25) is 5.02 Å². The number of carbonyl (C=O) groups excluding carboxylic acids is 1. The first-order chi connectivity index (χ1) is 15.3. The molecule has 32 heavy (non-hydrogen) atoms. The number of hydrogen-bond acceptors (Lipinski definition) is 5. The lowest BCUT2D eigenvalue weighted by atomic mass is 10.0. The first kappa shape index (κ1) is 21.7. The van der Waals surface area contributed by atoms with Gasteiger partial charge in [0.05, 0.1) is 5.69 Å². The highest BCUT2D eigenvalue weighted by Crippen LogP contribution is 2.37. The van der Waals surface area contributed by atoms with Gasteiger partial charge in [0, 0.05) is 59.8 Å². The van der Waals surface area contributed by atoms with Crippen LogP contribution < -0.4 is 5.32 Å². The maximum absolute atomic E-state index is 11.5. The second-order valence-corrected chi connectivity index (χ2v) is 8.31. The molecular weight excluding hydrogens is 426 g/mol. The van der Waals surface area contributed by atoms with Crippen molar-refractivity contribution in [1.82, 2.24) is 29.6 Å². The Morgan fingerprint density at radius 3 is 2.62 bits per heavy atom. The van der Waals surface area contributed by atoms with Crippen LogP contribution in [0.15, 0.2) is 49.2 Å². The molecule has 0 bridgehead atoms. The van der Waals surface area contributed by atoms with Crippen LogP contribution in [0.25, 0.3) is 28.2 Å². The number of nitrogens with zero attached hydrogens (tertiary/aromatic N) is 5. The molecule has 0 saturated heterocycles. The lowest BCUT2D eigenvalue weighted by Gasteiger charge is -2.12. The second-order valence-electron chi connectivity index (χ2n) is 7.90. The molecule has 4 aromatic rings. The topological polar surface area (TPSA) is 91.7 Å². The number of hydrogen-bond donors (Lipinski definition) is 2. The molecular formula is C23H24ClN7O. The minimum Gasteiger partial charge on any atom is -0.322 e. The largest absolute Gasteiger partial charge is 0.322 e. The Bertz CT molecular complexity index is 1260. The Morgan fingerprint density at radius 1 is 1.16 bits per heavy atom. The Morgan fingerprint density at radius 2 is 1.94 bits per heavy atom. The van der Waals surface area contributed by atoms with Gasteiger partial charge in [0.25, 0.3) is 0 Å². The van der Waals surface area contributed by atoms with Gasteiger partial charge in [-0.1, -0.05) is 17.7 Å². The number of aryl methyl sites for hydroxylation is 1. The highest BCUT2D eigenvalue weighted by Gasteiger charge is 2.18. The van der Waals surface area contributed by atoms with E-state index in [9.17, 15) is 4.79 Å². The van der Waals surface area contributed by atoms with Gasteiger partial charge < -0.3 is 14.8 Å². The van der Waals surface area contributed by atoms with Gasteiger partial charge in [0.15, 0.2) is 5.82 Å². The van der Waals surface area contributed by atoms with E-state index in [0.717, 1.165) is 40.0 Å². The number of aromatic amines is 1. The van der Waals surface area contributed by atoms with Gasteiger partial charge >= 0.3 is 0 Å². The number of pyridine rings is 1. The predicted molar refractivity (Wildman–Crippen MR) is 126 cm³/mol. The number of anilines is 1. The van der Waals surface area contributed by atoms with Crippen LogP contribution in [0, 0.1) is 6.92 Å². The van der Waals surface area contributed by atoms with E-state index in [2.05, 4.69) is 36.4 Å². The molecule has 8 nitrogen and oxygen atoms in total. The molecule has 9 heteroatoms. The second kappa shape index (κ2) is 8.94. The van der Waals surface area contributed by atoms with Crippen molar-refractivity contribution >= 4 is 23.3 Å². The molecule has 3 heterocycles. The Kier molecular flexibility index (Phi) is 6.07. The summed E-state index contributed by atoms with van der Waals surface area (Å²) in [5.41, 5.74) is 5.64. The quantitative estimate of drug-likeness (QED) is 0.457. The smallest absolute Gasteiger partial charge is 0.222 e. The standard InChI is InChI=1S/C23H24ClN7O/c1-14-9-25-22(28-15(2)32)8-21(14)31-11-18(19(12-31)23-26-13-27-29-23)17-7-16(10-30(3)4)5-6-20(17)24/h5-9,11-13H,10H2,1-4H3,(H,25,28,32)(H,26,27,29). The summed E-state index contributed by atoms with van der Waals surface area (Å²) in [5, 5.41) is 10.5. The highest BCUT2D eigenvalue weighted by molar-refractivity contribution is 6.33. The molecule has 0 atom stereocenters. The SMILES string of the molecule is CC(=O)Nc1cc(-n2cc(-c3nc[nH]n3)c(-c3cc(CN(C)C)ccc3Cl)c2)c(C)cn1. The minimum absolute atomic E-state index is 0.175. The van der Waals surface area contributed by atoms with Crippen molar-refractivity contribution in [1.29, 1.82) is 0 Å². The van der Waals surface area contributed by atoms with Crippen LogP contribution in [-0.2, 0) is 11.3 Å². The molecule has 0 aliphatic heterocycles. The van der Waals surface area contributed by atoms with Gasteiger partial charge in [0.1, 0.15) is 12.1 Å². The molecule has 164 valence electrons. The third kappa shape index (κ3) is 4.56. The monoisotopic (exact) mass is 449 g/mol. The van der Waals surface area contributed by atoms with Crippen molar-refractivity contribution in [3.63, 3.8) is 0 Å². The van der Waals surface area contributed by atoms with Crippen molar-refractivity contribution < 1.29 is 4.79 Å². The molecule has 0 aliphatic carbocycles. The summed E-state index contributed by atoms with van der Waals surface area (Å²) in [6, 6.07) is 7.88. The molecule has 0 fully saturated rings. The van der Waals surface area contributed by atoms with Crippen LogP contribution in [0.1, 0.15) is 18.1 Å². The summed E-state index contributed by atoms with van der Waals surface area (Å²) in [6.45, 7) is 4.22. The summed E-state index contributed by atoms with van der Waals surface area (Å²) in [4.78, 5) is 22.3. The van der Waals surface area contributed by atoms with Crippen LogP contribution >= 0.6 is 11.6 Å². The molecule has 0 aliphatic rings. The molecule has 4 rings (SSSR count). The van der Waals surface area contributed by atoms with E-state index in [1.807, 2.05) is 56.2 Å². The van der Waals surface area contributed by atoms with Gasteiger partial charge in [-0.05, 0) is 44.3 Å². The number of benzene rings is 1. The van der Waals surface area contributed by atoms with Crippen molar-refractivity contribution in [2.75, 3.05) is 19.4 Å². The fourth-order valence-electron chi connectivity index (χ4n) is 3.61. The average molecular weight is 450 g/mol. The highest BCUT2D eigenvalue weighted by atomic mass is 35.5. The zero-order valence-electron chi connectivity index (χ0n) is 18.3. The molecule has 0 radical (unpaired) electrons. The van der Waals surface area contributed by atoms with Crippen LogP contribution in [0.5, 0.6) is 0 Å². The number of nitrogens with one attached hydrogen (secondary N) is 2. The normalized spacial score (nSPS) is 11.2. The Labute approximate surface area is 191 Å². The van der Waals surface area contributed by atoms with Gasteiger partial charge in [-0.25, -0.2) is 9.97 Å². The summed E-state index contributed by atoms with van der Waals surface area (Å²) in [7, 11) is 4.06. The summed E-state index contributed by atoms with van der Waals surface area (Å²) in [5.74, 6) is 0.881. The van der Waals surface area contributed by atoms with Crippen molar-refractivity contribution in [3.05, 3.63) is 65.3 Å². The Hall–Kier alpha value is -3.49. The number of carbonyl (C=O) groups is 1. The van der Waals surface area contributed by atoms with Crippen LogP contribution in [-0.4, -0.2) is 49.6 Å². The maximum Gasteiger partial charge on any atom is 0.222 e. The molecule has 0 spiro atoms. The van der Waals surface area contributed by atoms with Gasteiger partial charge in [-0.2, -0.15) is 5.10 Å². The van der Waals surface area contributed by atoms with E-state index in [-0.39, 0.29) is 5.91 Å². The Balaban J connectivity index is 1.88. The maximum atomic E-state index is 11.5. The van der Waals surface area contributed by atoms with Gasteiger partial charge in [0.2, 0.25) is 5.91 Å². The molecule has 0 unspecified atom stereocenters. The van der Waals surface area contributed by atoms with E-state index in [1.54, 1.807) is 12.5 Å². The van der Waals surface area contributed by atoms with Crippen molar-refractivity contribution in [3.8, 4) is 28.2 Å². The lowest BCUT2D eigenvalue weighted by molar-refractivity contribution is -0.114. The minimum atomic E-state index is -0.175. The van der Waals surface area contributed by atoms with E-state index >= 15 is 0 Å². The van der Waals surface area contributed by atoms with Crippen LogP contribution in [0.3, 0.4) is 0 Å². The number of H-pyrrole nitrogens is 1. The van der Waals surface area contributed by atoms with Crippen molar-refractivity contribution in [2.24, 2.45) is 0 Å². The summed E-state index contributed by atoms with van der Waals surface area (Å²) < 4.78 is 1.98. The number of halogens is 1. The lowest BCUT2D eigenvalue weighted by Crippen LogP contribution is -2.10. The van der Waals surface area contributed by atoms with Crippen molar-refractivity contribution in [2.45, 2.75) is 20.4 Å². The molecule has 0 saturated carbocycles. The fraction of sp³-hybridized carbons (Fsp3) is 0.217. The van der Waals surface area contributed by atoms with Crippen LogP contribution in [0.4, 0.5) is 5.82 Å². The zero-order valence-corrected chi connectivity index (χ0v) is 19.1. The van der Waals surface area contributed by atoms with Gasteiger partial charge in [-0.15, -0.1) is 0 Å². The predicted octanol–water partition coefficient (Wildman–Crippen LogP) is 4.31. The zero-order chi connectivity index (χ0) is 22.8. The van der Waals surface area contributed by atoms with E-state index in [1.165, 1.54) is 6.92 Å². The third-order valence-electron chi connectivity index (χ3n) is 4.96. The summed E-state index contributed by atoms with van der Waals surface area (Å²) in [6.07, 6.45) is 7.25. The molecule has 3 aromatic heterocycles. The summed E-state index contributed by atoms with van der Waals surface area (Å²) >= 11 is 6.64.